The van der Waals surface area contributed by atoms with Gasteiger partial charge in [-0.1, -0.05) is 0 Å². The molecule has 3 rings (SSSR count). The number of piperidine rings is 1. The van der Waals surface area contributed by atoms with Crippen molar-refractivity contribution in [2.24, 2.45) is 0 Å². The minimum Gasteiger partial charge on any atom is -0.322 e. The SMILES string of the molecule is O=C1CCC(N2Cc3c(I)c(Br)cc(Br)c3C2=O)C(=O)N1. The van der Waals surface area contributed by atoms with Crippen molar-refractivity contribution in [1.29, 1.82) is 0 Å². The van der Waals surface area contributed by atoms with Crippen LogP contribution in [0.1, 0.15) is 28.8 Å². The van der Waals surface area contributed by atoms with E-state index in [0.29, 0.717) is 23.0 Å². The summed E-state index contributed by atoms with van der Waals surface area (Å²) in [5, 5.41) is 2.30. The highest BCUT2D eigenvalue weighted by molar-refractivity contribution is 14.1. The number of rotatable bonds is 1. The van der Waals surface area contributed by atoms with E-state index in [1.54, 1.807) is 4.90 Å². The number of fused-ring (bicyclic) bond motifs is 1. The summed E-state index contributed by atoms with van der Waals surface area (Å²) in [6.45, 7) is 0.386. The molecule has 0 aromatic heterocycles. The molecule has 0 saturated carbocycles. The molecule has 1 fully saturated rings. The van der Waals surface area contributed by atoms with E-state index >= 15 is 0 Å². The summed E-state index contributed by atoms with van der Waals surface area (Å²) in [6.07, 6.45) is 0.637. The number of hydrogen-bond donors (Lipinski definition) is 1. The molecule has 1 unspecified atom stereocenters. The monoisotopic (exact) mass is 526 g/mol. The molecule has 2 aliphatic heterocycles. The summed E-state index contributed by atoms with van der Waals surface area (Å²) in [5.41, 5.74) is 1.51. The van der Waals surface area contributed by atoms with Gasteiger partial charge in [0.25, 0.3) is 5.91 Å². The average molecular weight is 528 g/mol. The lowest BCUT2D eigenvalue weighted by Gasteiger charge is -2.29. The van der Waals surface area contributed by atoms with Gasteiger partial charge in [0.2, 0.25) is 11.8 Å². The van der Waals surface area contributed by atoms with Crippen LogP contribution in [-0.4, -0.2) is 28.7 Å². The summed E-state index contributed by atoms with van der Waals surface area (Å²) in [7, 11) is 0. The Morgan fingerprint density at radius 3 is 2.62 bits per heavy atom. The lowest BCUT2D eigenvalue weighted by molar-refractivity contribution is -0.136. The number of benzene rings is 1. The number of nitrogens with zero attached hydrogens (tertiary/aromatic N) is 1. The van der Waals surface area contributed by atoms with Crippen LogP contribution in [0.5, 0.6) is 0 Å². The Hall–Kier alpha value is -0.480. The minimum atomic E-state index is -0.580. The lowest BCUT2D eigenvalue weighted by Crippen LogP contribution is -2.52. The Kier molecular flexibility index (Phi) is 4.12. The van der Waals surface area contributed by atoms with E-state index in [2.05, 4.69) is 59.8 Å². The van der Waals surface area contributed by atoms with Crippen LogP contribution < -0.4 is 5.32 Å². The summed E-state index contributed by atoms with van der Waals surface area (Å²) >= 11 is 9.06. The number of nitrogens with one attached hydrogen (secondary N) is 1. The topological polar surface area (TPSA) is 66.5 Å². The molecule has 0 aliphatic carbocycles. The highest BCUT2D eigenvalue weighted by Gasteiger charge is 2.41. The first-order valence-electron chi connectivity index (χ1n) is 6.21. The van der Waals surface area contributed by atoms with Crippen LogP contribution >= 0.6 is 54.5 Å². The molecule has 5 nitrogen and oxygen atoms in total. The second-order valence-corrected chi connectivity index (χ2v) is 7.70. The summed E-state index contributed by atoms with van der Waals surface area (Å²) < 4.78 is 2.59. The first-order valence-corrected chi connectivity index (χ1v) is 8.87. The molecular formula is C13H9Br2IN2O3. The zero-order chi connectivity index (χ0) is 15.3. The van der Waals surface area contributed by atoms with Gasteiger partial charge in [0.1, 0.15) is 6.04 Å². The van der Waals surface area contributed by atoms with E-state index in [1.807, 2.05) is 6.07 Å². The number of carbonyl (C=O) groups excluding carboxylic acids is 3. The Bertz CT molecular complexity index is 692. The van der Waals surface area contributed by atoms with Gasteiger partial charge in [0, 0.05) is 25.5 Å². The third-order valence-electron chi connectivity index (χ3n) is 3.66. The van der Waals surface area contributed by atoms with Crippen molar-refractivity contribution in [1.82, 2.24) is 10.2 Å². The van der Waals surface area contributed by atoms with Crippen LogP contribution in [0.4, 0.5) is 0 Å². The third-order valence-corrected chi connectivity index (χ3v) is 6.88. The Morgan fingerprint density at radius 2 is 1.95 bits per heavy atom. The van der Waals surface area contributed by atoms with Crippen molar-refractivity contribution in [2.75, 3.05) is 0 Å². The van der Waals surface area contributed by atoms with E-state index in [9.17, 15) is 14.4 Å². The van der Waals surface area contributed by atoms with Crippen LogP contribution in [0.15, 0.2) is 15.0 Å². The molecule has 1 saturated heterocycles. The van der Waals surface area contributed by atoms with Crippen molar-refractivity contribution in [2.45, 2.75) is 25.4 Å². The molecule has 1 aromatic carbocycles. The van der Waals surface area contributed by atoms with E-state index < -0.39 is 11.9 Å². The van der Waals surface area contributed by atoms with Gasteiger partial charge in [0.05, 0.1) is 5.56 Å². The molecule has 2 heterocycles. The molecule has 3 amide bonds. The number of carbonyl (C=O) groups is 3. The summed E-state index contributed by atoms with van der Waals surface area (Å²) in [6, 6.07) is 1.26. The molecular weight excluding hydrogens is 519 g/mol. The van der Waals surface area contributed by atoms with Gasteiger partial charge in [-0.25, -0.2) is 0 Å². The lowest BCUT2D eigenvalue weighted by atomic mass is 10.0. The van der Waals surface area contributed by atoms with Gasteiger partial charge in [-0.05, 0) is 72.5 Å². The fraction of sp³-hybridized carbons (Fsp3) is 0.308. The largest absolute Gasteiger partial charge is 0.322 e. The van der Waals surface area contributed by atoms with Crippen LogP contribution in [0, 0.1) is 3.57 Å². The number of halogens is 3. The maximum Gasteiger partial charge on any atom is 0.256 e. The van der Waals surface area contributed by atoms with Gasteiger partial charge in [-0.3, -0.25) is 19.7 Å². The van der Waals surface area contributed by atoms with Crippen molar-refractivity contribution < 1.29 is 14.4 Å². The molecule has 1 N–H and O–H groups in total. The van der Waals surface area contributed by atoms with Gasteiger partial charge in [-0.15, -0.1) is 0 Å². The van der Waals surface area contributed by atoms with E-state index in [1.165, 1.54) is 0 Å². The quantitative estimate of drug-likeness (QED) is 0.347. The molecule has 0 spiro atoms. The third kappa shape index (κ3) is 2.55. The van der Waals surface area contributed by atoms with Crippen LogP contribution in [0.25, 0.3) is 0 Å². The van der Waals surface area contributed by atoms with Crippen molar-refractivity contribution in [3.8, 4) is 0 Å². The fourth-order valence-corrected chi connectivity index (χ4v) is 4.65. The van der Waals surface area contributed by atoms with Gasteiger partial charge >= 0.3 is 0 Å². The predicted octanol–water partition coefficient (Wildman–Crippen LogP) is 2.58. The Labute approximate surface area is 151 Å². The first kappa shape index (κ1) is 15.4. The zero-order valence-corrected chi connectivity index (χ0v) is 15.9. The second kappa shape index (κ2) is 5.62. The fourth-order valence-electron chi connectivity index (χ4n) is 2.64. The molecule has 21 heavy (non-hydrogen) atoms. The molecule has 1 aromatic rings. The molecule has 8 heteroatoms. The maximum absolute atomic E-state index is 12.6. The highest BCUT2D eigenvalue weighted by atomic mass is 127. The number of hydrogen-bond acceptors (Lipinski definition) is 3. The number of amides is 3. The first-order chi connectivity index (χ1) is 9.90. The standard InChI is InChI=1S/C13H9Br2IN2O3/c14-6-3-7(15)11(16)5-4-18(13(21)10(5)6)8-1-2-9(19)17-12(8)20/h3,8H,1-2,4H2,(H,17,19,20). The predicted molar refractivity (Wildman–Crippen MR) is 90.6 cm³/mol. The van der Waals surface area contributed by atoms with Gasteiger partial charge in [0.15, 0.2) is 0 Å². The summed E-state index contributed by atoms with van der Waals surface area (Å²) in [4.78, 5) is 37.4. The van der Waals surface area contributed by atoms with Crippen LogP contribution in [0.2, 0.25) is 0 Å². The van der Waals surface area contributed by atoms with Crippen molar-refractivity contribution in [3.05, 3.63) is 29.7 Å². The van der Waals surface area contributed by atoms with Crippen LogP contribution in [0.3, 0.4) is 0 Å². The zero-order valence-electron chi connectivity index (χ0n) is 10.6. The molecule has 1 atom stereocenters. The van der Waals surface area contributed by atoms with Crippen molar-refractivity contribution in [3.63, 3.8) is 0 Å². The molecule has 0 bridgehead atoms. The Balaban J connectivity index is 1.97. The smallest absolute Gasteiger partial charge is 0.256 e. The molecule has 0 radical (unpaired) electrons. The minimum absolute atomic E-state index is 0.170. The average Bonchev–Trinajstić information content (AvgIpc) is 2.75. The van der Waals surface area contributed by atoms with E-state index in [-0.39, 0.29) is 18.2 Å². The van der Waals surface area contributed by atoms with Gasteiger partial charge in [-0.2, -0.15) is 0 Å². The van der Waals surface area contributed by atoms with Gasteiger partial charge < -0.3 is 4.90 Å². The van der Waals surface area contributed by atoms with Crippen LogP contribution in [-0.2, 0) is 16.1 Å². The normalized spacial score (nSPS) is 21.6. The Morgan fingerprint density at radius 1 is 1.24 bits per heavy atom. The maximum atomic E-state index is 12.6. The van der Waals surface area contributed by atoms with Crippen molar-refractivity contribution >= 4 is 72.2 Å². The highest BCUT2D eigenvalue weighted by Crippen LogP contribution is 2.38. The van der Waals surface area contributed by atoms with E-state index in [0.717, 1.165) is 13.6 Å². The molecule has 110 valence electrons. The number of imide groups is 1. The second-order valence-electron chi connectivity index (χ2n) is 4.91. The molecule has 2 aliphatic rings. The summed E-state index contributed by atoms with van der Waals surface area (Å²) in [5.74, 6) is -0.840. The van der Waals surface area contributed by atoms with E-state index in [4.69, 9.17) is 0 Å².